The lowest BCUT2D eigenvalue weighted by Crippen LogP contribution is -2.28. The van der Waals surface area contributed by atoms with E-state index < -0.39 is 0 Å². The molecular weight excluding hydrogens is 336 g/mol. The van der Waals surface area contributed by atoms with Gasteiger partial charge >= 0.3 is 0 Å². The third-order valence-electron chi connectivity index (χ3n) is 6.14. The molecule has 0 fully saturated rings. The molecule has 0 nitrogen and oxygen atoms in total. The van der Waals surface area contributed by atoms with Crippen LogP contribution in [0.4, 0.5) is 0 Å². The molecule has 0 bridgehead atoms. The van der Waals surface area contributed by atoms with Crippen molar-refractivity contribution < 1.29 is 0 Å². The Morgan fingerprint density at radius 3 is 1.96 bits per heavy atom. The van der Waals surface area contributed by atoms with E-state index in [2.05, 4.69) is 111 Å². The maximum Gasteiger partial charge on any atom is 0.0710 e. The number of aryl methyl sites for hydroxylation is 2. The molecule has 0 atom stereocenters. The Balaban J connectivity index is 1.92. The van der Waals surface area contributed by atoms with Crippen LogP contribution in [0.1, 0.15) is 39.8 Å². The fraction of sp³-hybridized carbons (Fsp3) is 0.143. The molecular formula is C28H24. The molecule has 0 aliphatic heterocycles. The largest absolute Gasteiger partial charge is 0.0807 e. The summed E-state index contributed by atoms with van der Waals surface area (Å²) in [6.45, 7) is 4.32. The van der Waals surface area contributed by atoms with Gasteiger partial charge < -0.3 is 0 Å². The number of rotatable bonds is 2. The van der Waals surface area contributed by atoms with Gasteiger partial charge in [-0.1, -0.05) is 108 Å². The molecule has 2 aliphatic carbocycles. The zero-order chi connectivity index (χ0) is 19.1. The van der Waals surface area contributed by atoms with Crippen molar-refractivity contribution in [1.29, 1.82) is 0 Å². The molecule has 0 spiro atoms. The smallest absolute Gasteiger partial charge is 0.0710 e. The molecule has 0 heteroatoms. The second kappa shape index (κ2) is 6.49. The minimum atomic E-state index is -0.268. The highest BCUT2D eigenvalue weighted by Crippen LogP contribution is 2.57. The molecule has 5 rings (SSSR count). The second-order valence-corrected chi connectivity index (χ2v) is 7.89. The first-order valence-electron chi connectivity index (χ1n) is 10.0. The van der Waals surface area contributed by atoms with Crippen molar-refractivity contribution in [2.45, 2.75) is 25.7 Å². The molecule has 0 amide bonds. The van der Waals surface area contributed by atoms with Gasteiger partial charge in [0.2, 0.25) is 0 Å². The number of allylic oxidation sites excluding steroid dienone is 6. The number of fused-ring (bicyclic) bond motifs is 3. The normalized spacial score (nSPS) is 16.6. The van der Waals surface area contributed by atoms with Gasteiger partial charge in [-0.05, 0) is 53.7 Å². The summed E-state index contributed by atoms with van der Waals surface area (Å²) in [7, 11) is 0. The highest BCUT2D eigenvalue weighted by atomic mass is 14.5. The van der Waals surface area contributed by atoms with E-state index in [1.165, 1.54) is 44.5 Å². The first-order valence-corrected chi connectivity index (χ1v) is 10.0. The summed E-state index contributed by atoms with van der Waals surface area (Å²) in [4.78, 5) is 0. The van der Waals surface area contributed by atoms with Crippen molar-refractivity contribution in [3.05, 3.63) is 136 Å². The summed E-state index contributed by atoms with van der Waals surface area (Å²) in [5.41, 5.74) is 10.5. The molecule has 0 saturated carbocycles. The second-order valence-electron chi connectivity index (χ2n) is 7.89. The summed E-state index contributed by atoms with van der Waals surface area (Å²) in [6.07, 6.45) is 10.1. The van der Waals surface area contributed by atoms with Crippen LogP contribution < -0.4 is 0 Å². The molecule has 0 unspecified atom stereocenters. The average molecular weight is 361 g/mol. The van der Waals surface area contributed by atoms with Crippen molar-refractivity contribution in [1.82, 2.24) is 0 Å². The summed E-state index contributed by atoms with van der Waals surface area (Å²) in [5.74, 6) is 0. The van der Waals surface area contributed by atoms with Crippen LogP contribution in [-0.2, 0) is 5.41 Å². The monoisotopic (exact) mass is 360 g/mol. The van der Waals surface area contributed by atoms with Crippen LogP contribution in [0.15, 0.2) is 103 Å². The van der Waals surface area contributed by atoms with E-state index in [1.807, 2.05) is 0 Å². The molecule has 136 valence electrons. The maximum absolute atomic E-state index is 2.43. The molecule has 0 aromatic heterocycles. The minimum Gasteiger partial charge on any atom is -0.0807 e. The predicted octanol–water partition coefficient (Wildman–Crippen LogP) is 6.92. The van der Waals surface area contributed by atoms with E-state index >= 15 is 0 Å². The van der Waals surface area contributed by atoms with E-state index in [0.29, 0.717) is 0 Å². The Hall–Kier alpha value is -3.12. The molecule has 3 aromatic rings. The van der Waals surface area contributed by atoms with Crippen molar-refractivity contribution in [3.8, 4) is 0 Å². The SMILES string of the molecule is Cc1ccc(C2(c3ccc(C)cc3)C3=CCC=CC=C3c3ccccc32)cc1. The summed E-state index contributed by atoms with van der Waals surface area (Å²) >= 11 is 0. The lowest BCUT2D eigenvalue weighted by molar-refractivity contribution is 0.765. The van der Waals surface area contributed by atoms with Crippen molar-refractivity contribution in [3.63, 3.8) is 0 Å². The van der Waals surface area contributed by atoms with E-state index in [1.54, 1.807) is 0 Å². The van der Waals surface area contributed by atoms with Gasteiger partial charge in [0.1, 0.15) is 0 Å². The molecule has 0 saturated heterocycles. The van der Waals surface area contributed by atoms with Crippen LogP contribution >= 0.6 is 0 Å². The first-order chi connectivity index (χ1) is 13.7. The molecule has 2 aliphatic rings. The van der Waals surface area contributed by atoms with E-state index in [-0.39, 0.29) is 5.41 Å². The van der Waals surface area contributed by atoms with E-state index in [4.69, 9.17) is 0 Å². The van der Waals surface area contributed by atoms with Gasteiger partial charge in [-0.25, -0.2) is 0 Å². The molecule has 0 N–H and O–H groups in total. The average Bonchev–Trinajstić information content (AvgIpc) is 2.85. The lowest BCUT2D eigenvalue weighted by atomic mass is 9.67. The van der Waals surface area contributed by atoms with Gasteiger partial charge in [0, 0.05) is 0 Å². The fourth-order valence-corrected chi connectivity index (χ4v) is 4.80. The van der Waals surface area contributed by atoms with Crippen LogP contribution in [0.25, 0.3) is 5.57 Å². The zero-order valence-corrected chi connectivity index (χ0v) is 16.4. The molecule has 0 heterocycles. The van der Waals surface area contributed by atoms with Crippen LogP contribution in [0.3, 0.4) is 0 Å². The summed E-state index contributed by atoms with van der Waals surface area (Å²) < 4.78 is 0. The summed E-state index contributed by atoms with van der Waals surface area (Å²) in [5, 5.41) is 0. The Morgan fingerprint density at radius 2 is 1.32 bits per heavy atom. The van der Waals surface area contributed by atoms with Crippen molar-refractivity contribution in [2.75, 3.05) is 0 Å². The van der Waals surface area contributed by atoms with Crippen LogP contribution in [0, 0.1) is 13.8 Å². The van der Waals surface area contributed by atoms with Gasteiger partial charge in [-0.3, -0.25) is 0 Å². The maximum atomic E-state index is 2.43. The van der Waals surface area contributed by atoms with Crippen LogP contribution in [0.5, 0.6) is 0 Å². The van der Waals surface area contributed by atoms with Crippen LogP contribution in [0.2, 0.25) is 0 Å². The van der Waals surface area contributed by atoms with E-state index in [0.717, 1.165) is 6.42 Å². The highest BCUT2D eigenvalue weighted by Gasteiger charge is 2.47. The highest BCUT2D eigenvalue weighted by molar-refractivity contribution is 5.94. The van der Waals surface area contributed by atoms with Gasteiger partial charge in [0.05, 0.1) is 5.41 Å². The number of benzene rings is 3. The summed E-state index contributed by atoms with van der Waals surface area (Å²) in [6, 6.07) is 27.1. The third-order valence-corrected chi connectivity index (χ3v) is 6.14. The van der Waals surface area contributed by atoms with E-state index in [9.17, 15) is 0 Å². The van der Waals surface area contributed by atoms with Crippen LogP contribution in [-0.4, -0.2) is 0 Å². The van der Waals surface area contributed by atoms with Gasteiger partial charge in [-0.2, -0.15) is 0 Å². The van der Waals surface area contributed by atoms with Gasteiger partial charge in [-0.15, -0.1) is 0 Å². The lowest BCUT2D eigenvalue weighted by Gasteiger charge is -2.34. The topological polar surface area (TPSA) is 0 Å². The van der Waals surface area contributed by atoms with Crippen molar-refractivity contribution in [2.24, 2.45) is 0 Å². The number of hydrogen-bond acceptors (Lipinski definition) is 0. The van der Waals surface area contributed by atoms with Gasteiger partial charge in [0.15, 0.2) is 0 Å². The fourth-order valence-electron chi connectivity index (χ4n) is 4.80. The minimum absolute atomic E-state index is 0.268. The standard InChI is InChI=1S/C28H24/c1-20-12-16-22(17-13-20)28(23-18-14-21(2)15-19-23)26-10-5-3-4-8-24(26)25-9-6-7-11-27(25)28/h3-4,6-19H,5H2,1-2H3. The molecule has 0 radical (unpaired) electrons. The first kappa shape index (κ1) is 17.0. The quantitative estimate of drug-likeness (QED) is 0.465. The predicted molar refractivity (Wildman–Crippen MR) is 118 cm³/mol. The molecule has 28 heavy (non-hydrogen) atoms. The Bertz CT molecular complexity index is 1070. The zero-order valence-electron chi connectivity index (χ0n) is 16.4. The van der Waals surface area contributed by atoms with Crippen molar-refractivity contribution >= 4 is 5.57 Å². The van der Waals surface area contributed by atoms with Gasteiger partial charge in [0.25, 0.3) is 0 Å². The molecule has 3 aromatic carbocycles. The Kier molecular flexibility index (Phi) is 3.94. The Morgan fingerprint density at radius 1 is 0.714 bits per heavy atom. The Labute approximate surface area is 167 Å². The number of hydrogen-bond donors (Lipinski definition) is 0. The third kappa shape index (κ3) is 2.38.